The van der Waals surface area contributed by atoms with Gasteiger partial charge in [0.25, 0.3) is 0 Å². The highest BCUT2D eigenvalue weighted by Crippen LogP contribution is 2.51. The van der Waals surface area contributed by atoms with E-state index in [0.29, 0.717) is 23.3 Å². The summed E-state index contributed by atoms with van der Waals surface area (Å²) in [4.78, 5) is 25.3. The Morgan fingerprint density at radius 2 is 1.92 bits per heavy atom. The standard InChI is InChI=1S/C18H14O5S/c1-21-17(19)11-8-14-10(15(11)18(20)22-2)7-13-16(24-14)9-5-3-4-6-12(9)23-13/h3-7,14H,8H2,1-2H3. The fourth-order valence-corrected chi connectivity index (χ4v) is 4.56. The molecule has 0 amide bonds. The minimum atomic E-state index is -0.524. The lowest BCUT2D eigenvalue weighted by Gasteiger charge is -2.17. The third-order valence-electron chi connectivity index (χ3n) is 4.27. The second-order valence-corrected chi connectivity index (χ2v) is 6.75. The smallest absolute Gasteiger partial charge is 0.338 e. The van der Waals surface area contributed by atoms with Crippen molar-refractivity contribution >= 4 is 40.7 Å². The van der Waals surface area contributed by atoms with Gasteiger partial charge in [0.1, 0.15) is 11.3 Å². The molecular weight excluding hydrogens is 328 g/mol. The third kappa shape index (κ3) is 2.10. The van der Waals surface area contributed by atoms with Gasteiger partial charge in [0.05, 0.1) is 30.3 Å². The van der Waals surface area contributed by atoms with E-state index in [1.807, 2.05) is 30.3 Å². The lowest BCUT2D eigenvalue weighted by molar-refractivity contribution is -0.139. The van der Waals surface area contributed by atoms with E-state index >= 15 is 0 Å². The molecule has 4 rings (SSSR count). The van der Waals surface area contributed by atoms with Crippen LogP contribution in [0.25, 0.3) is 17.0 Å². The van der Waals surface area contributed by atoms with Gasteiger partial charge in [0.2, 0.25) is 0 Å². The molecule has 0 saturated heterocycles. The first-order chi connectivity index (χ1) is 11.6. The molecule has 0 spiro atoms. The highest BCUT2D eigenvalue weighted by molar-refractivity contribution is 8.00. The van der Waals surface area contributed by atoms with Crippen LogP contribution in [0.5, 0.6) is 0 Å². The summed E-state index contributed by atoms with van der Waals surface area (Å²) in [6.45, 7) is 0. The van der Waals surface area contributed by atoms with Crippen LogP contribution in [-0.4, -0.2) is 31.4 Å². The first-order valence-electron chi connectivity index (χ1n) is 7.44. The minimum absolute atomic E-state index is 0.0262. The maximum absolute atomic E-state index is 12.2. The fourth-order valence-electron chi connectivity index (χ4n) is 3.20. The summed E-state index contributed by atoms with van der Waals surface area (Å²) < 4.78 is 15.6. The topological polar surface area (TPSA) is 65.7 Å². The van der Waals surface area contributed by atoms with E-state index in [-0.39, 0.29) is 5.25 Å². The number of carbonyl (C=O) groups is 2. The molecule has 2 heterocycles. The van der Waals surface area contributed by atoms with Gasteiger partial charge in [-0.1, -0.05) is 12.1 Å². The van der Waals surface area contributed by atoms with Gasteiger partial charge in [-0.05, 0) is 30.2 Å². The number of esters is 2. The number of para-hydroxylation sites is 1. The molecule has 1 aliphatic heterocycles. The van der Waals surface area contributed by atoms with Crippen LogP contribution in [0.3, 0.4) is 0 Å². The lowest BCUT2D eigenvalue weighted by Crippen LogP contribution is -2.12. The highest BCUT2D eigenvalue weighted by atomic mass is 32.2. The molecule has 0 radical (unpaired) electrons. The van der Waals surface area contributed by atoms with Gasteiger partial charge >= 0.3 is 11.9 Å². The highest BCUT2D eigenvalue weighted by Gasteiger charge is 2.41. The van der Waals surface area contributed by atoms with Crippen LogP contribution < -0.4 is 0 Å². The van der Waals surface area contributed by atoms with E-state index in [2.05, 4.69) is 0 Å². The van der Waals surface area contributed by atoms with Crippen LogP contribution in [0, 0.1) is 0 Å². The van der Waals surface area contributed by atoms with Crippen molar-refractivity contribution in [1.82, 2.24) is 0 Å². The van der Waals surface area contributed by atoms with Gasteiger partial charge in [-0.3, -0.25) is 0 Å². The molecule has 0 fully saturated rings. The maximum Gasteiger partial charge on any atom is 0.338 e. The van der Waals surface area contributed by atoms with E-state index in [9.17, 15) is 9.59 Å². The molecule has 0 saturated carbocycles. The number of hydrogen-bond donors (Lipinski definition) is 0. The number of ether oxygens (including phenoxy) is 2. The van der Waals surface area contributed by atoms with Crippen molar-refractivity contribution < 1.29 is 23.5 Å². The molecule has 122 valence electrons. The molecule has 5 nitrogen and oxygen atoms in total. The van der Waals surface area contributed by atoms with Crippen molar-refractivity contribution in [3.05, 3.63) is 46.7 Å². The number of thioether (sulfide) groups is 1. The number of methoxy groups -OCH3 is 2. The Morgan fingerprint density at radius 3 is 2.67 bits per heavy atom. The van der Waals surface area contributed by atoms with Crippen molar-refractivity contribution in [2.24, 2.45) is 0 Å². The maximum atomic E-state index is 12.2. The second-order valence-electron chi connectivity index (χ2n) is 5.54. The van der Waals surface area contributed by atoms with E-state index in [0.717, 1.165) is 21.4 Å². The van der Waals surface area contributed by atoms with Crippen molar-refractivity contribution in [2.75, 3.05) is 14.2 Å². The van der Waals surface area contributed by atoms with Crippen LogP contribution in [0.15, 0.2) is 50.3 Å². The summed E-state index contributed by atoms with van der Waals surface area (Å²) in [6, 6.07) is 7.81. The van der Waals surface area contributed by atoms with Crippen molar-refractivity contribution in [2.45, 2.75) is 16.6 Å². The van der Waals surface area contributed by atoms with Gasteiger partial charge in [-0.2, -0.15) is 0 Å². The minimum Gasteiger partial charge on any atom is -0.466 e. The number of carbonyl (C=O) groups excluding carboxylic acids is 2. The zero-order valence-electron chi connectivity index (χ0n) is 13.1. The summed E-state index contributed by atoms with van der Waals surface area (Å²) in [6.07, 6.45) is 2.28. The number of furan rings is 1. The van der Waals surface area contributed by atoms with Gasteiger partial charge in [-0.25, -0.2) is 9.59 Å². The number of fused-ring (bicyclic) bond motifs is 4. The molecule has 2 aromatic rings. The monoisotopic (exact) mass is 342 g/mol. The van der Waals surface area contributed by atoms with E-state index in [4.69, 9.17) is 13.9 Å². The molecule has 1 aromatic carbocycles. The molecule has 1 atom stereocenters. The summed E-state index contributed by atoms with van der Waals surface area (Å²) in [5.41, 5.74) is 2.23. The van der Waals surface area contributed by atoms with Gasteiger partial charge in [0.15, 0.2) is 0 Å². The Labute approximate surface area is 142 Å². The quantitative estimate of drug-likeness (QED) is 0.780. The van der Waals surface area contributed by atoms with Gasteiger partial charge in [-0.15, -0.1) is 11.8 Å². The Morgan fingerprint density at radius 1 is 1.17 bits per heavy atom. The molecule has 24 heavy (non-hydrogen) atoms. The fraction of sp³-hybridized carbons (Fsp3) is 0.222. The number of hydrogen-bond acceptors (Lipinski definition) is 6. The van der Waals surface area contributed by atoms with Crippen LogP contribution >= 0.6 is 11.8 Å². The van der Waals surface area contributed by atoms with Crippen molar-refractivity contribution in [3.63, 3.8) is 0 Å². The Hall–Kier alpha value is -2.47. The van der Waals surface area contributed by atoms with Crippen LogP contribution in [-0.2, 0) is 19.1 Å². The van der Waals surface area contributed by atoms with E-state index in [1.165, 1.54) is 14.2 Å². The first-order valence-corrected chi connectivity index (χ1v) is 8.32. The second kappa shape index (κ2) is 5.56. The van der Waals surface area contributed by atoms with Crippen LogP contribution in [0.4, 0.5) is 0 Å². The Balaban J connectivity index is 1.88. The predicted octanol–water partition coefficient (Wildman–Crippen LogP) is 3.34. The SMILES string of the molecule is COC(=O)C1=C(C(=O)OC)C2=Cc3oc4ccccc4c3SC2C1. The molecule has 2 aliphatic rings. The van der Waals surface area contributed by atoms with Crippen molar-refractivity contribution in [1.29, 1.82) is 0 Å². The van der Waals surface area contributed by atoms with E-state index < -0.39 is 11.9 Å². The predicted molar refractivity (Wildman–Crippen MR) is 89.5 cm³/mol. The lowest BCUT2D eigenvalue weighted by atomic mass is 10.1. The average molecular weight is 342 g/mol. The molecule has 1 aliphatic carbocycles. The van der Waals surface area contributed by atoms with Crippen LogP contribution in [0.1, 0.15) is 12.2 Å². The molecule has 0 bridgehead atoms. The average Bonchev–Trinajstić information content (AvgIpc) is 3.16. The number of rotatable bonds is 2. The Kier molecular flexibility index (Phi) is 3.49. The molecule has 0 N–H and O–H groups in total. The first kappa shape index (κ1) is 15.1. The largest absolute Gasteiger partial charge is 0.466 e. The molecular formula is C18H14O5S. The Bertz CT molecular complexity index is 934. The normalized spacial score (nSPS) is 18.9. The number of benzene rings is 1. The summed E-state index contributed by atoms with van der Waals surface area (Å²) in [5, 5.41) is 1.01. The zero-order valence-corrected chi connectivity index (χ0v) is 13.9. The summed E-state index contributed by atoms with van der Waals surface area (Å²) >= 11 is 1.61. The molecule has 1 unspecified atom stereocenters. The molecule has 6 heteroatoms. The van der Waals surface area contributed by atoms with E-state index in [1.54, 1.807) is 11.8 Å². The van der Waals surface area contributed by atoms with Crippen LogP contribution in [0.2, 0.25) is 0 Å². The summed E-state index contributed by atoms with van der Waals surface area (Å²) in [7, 11) is 2.62. The zero-order chi connectivity index (χ0) is 16.8. The summed E-state index contributed by atoms with van der Waals surface area (Å²) in [5.74, 6) is -0.308. The van der Waals surface area contributed by atoms with Gasteiger partial charge in [0, 0.05) is 10.6 Å². The third-order valence-corrected chi connectivity index (χ3v) is 5.63. The molecule has 1 aromatic heterocycles. The van der Waals surface area contributed by atoms with Crippen molar-refractivity contribution in [3.8, 4) is 0 Å². The van der Waals surface area contributed by atoms with Gasteiger partial charge < -0.3 is 13.9 Å².